The highest BCUT2D eigenvalue weighted by Crippen LogP contribution is 2.30. The normalized spacial score (nSPS) is 25.3. The van der Waals surface area contributed by atoms with E-state index in [1.807, 2.05) is 25.7 Å². The summed E-state index contributed by atoms with van der Waals surface area (Å²) in [4.78, 5) is 16.9. The standard InChI is InChI=1S/C19H28N2O2/c1-19(2,3)23-18(22)21-13-16-9-10-17(14-21)20(12-16)11-15-7-5-4-6-8-15/h4-8,16-17H,9-14H2,1-3H3. The molecule has 126 valence electrons. The Morgan fingerprint density at radius 3 is 2.57 bits per heavy atom. The van der Waals surface area contributed by atoms with Gasteiger partial charge in [0.25, 0.3) is 0 Å². The number of rotatable bonds is 2. The Kier molecular flexibility index (Phi) is 4.62. The Hall–Kier alpha value is -1.55. The number of hydrogen-bond donors (Lipinski definition) is 0. The zero-order valence-electron chi connectivity index (χ0n) is 14.5. The molecule has 23 heavy (non-hydrogen) atoms. The summed E-state index contributed by atoms with van der Waals surface area (Å²) in [7, 11) is 0. The average Bonchev–Trinajstić information content (AvgIpc) is 2.78. The molecule has 0 radical (unpaired) electrons. The van der Waals surface area contributed by atoms with Crippen LogP contribution in [0.4, 0.5) is 4.79 Å². The fourth-order valence-electron chi connectivity index (χ4n) is 3.67. The van der Waals surface area contributed by atoms with Gasteiger partial charge in [0.1, 0.15) is 5.60 Å². The van der Waals surface area contributed by atoms with Gasteiger partial charge in [-0.2, -0.15) is 0 Å². The summed E-state index contributed by atoms with van der Waals surface area (Å²) in [5.41, 5.74) is 0.926. The van der Waals surface area contributed by atoms with E-state index < -0.39 is 5.60 Å². The van der Waals surface area contributed by atoms with Crippen molar-refractivity contribution in [2.75, 3.05) is 19.6 Å². The molecule has 0 aromatic heterocycles. The lowest BCUT2D eigenvalue weighted by atomic mass is 9.94. The molecule has 3 fully saturated rings. The molecule has 2 bridgehead atoms. The third-order valence-corrected chi connectivity index (χ3v) is 4.71. The topological polar surface area (TPSA) is 32.8 Å². The van der Waals surface area contributed by atoms with Crippen molar-refractivity contribution in [1.29, 1.82) is 0 Å². The van der Waals surface area contributed by atoms with E-state index in [-0.39, 0.29) is 6.09 Å². The predicted molar refractivity (Wildman–Crippen MR) is 91.2 cm³/mol. The number of nitrogens with zero attached hydrogens (tertiary/aromatic N) is 2. The van der Waals surface area contributed by atoms with Crippen molar-refractivity contribution in [3.63, 3.8) is 0 Å². The van der Waals surface area contributed by atoms with E-state index in [9.17, 15) is 4.79 Å². The van der Waals surface area contributed by atoms with Crippen LogP contribution in [0.5, 0.6) is 0 Å². The Morgan fingerprint density at radius 2 is 1.87 bits per heavy atom. The van der Waals surface area contributed by atoms with Crippen molar-refractivity contribution in [3.8, 4) is 0 Å². The summed E-state index contributed by atoms with van der Waals surface area (Å²) in [5, 5.41) is 0. The maximum absolute atomic E-state index is 12.4. The van der Waals surface area contributed by atoms with Crippen LogP contribution in [0.15, 0.2) is 30.3 Å². The minimum Gasteiger partial charge on any atom is -0.444 e. The number of benzene rings is 1. The molecule has 2 unspecified atom stereocenters. The van der Waals surface area contributed by atoms with Gasteiger partial charge in [-0.25, -0.2) is 4.79 Å². The van der Waals surface area contributed by atoms with Gasteiger partial charge in [-0.15, -0.1) is 0 Å². The maximum atomic E-state index is 12.4. The smallest absolute Gasteiger partial charge is 0.410 e. The lowest BCUT2D eigenvalue weighted by molar-refractivity contribution is 0.0233. The second kappa shape index (κ2) is 6.52. The highest BCUT2D eigenvalue weighted by molar-refractivity contribution is 5.68. The van der Waals surface area contributed by atoms with Crippen LogP contribution in [0.25, 0.3) is 0 Å². The number of carbonyl (C=O) groups excluding carboxylic acids is 1. The van der Waals surface area contributed by atoms with Crippen LogP contribution < -0.4 is 0 Å². The van der Waals surface area contributed by atoms with E-state index in [1.165, 1.54) is 18.4 Å². The van der Waals surface area contributed by atoms with Crippen molar-refractivity contribution in [1.82, 2.24) is 9.80 Å². The molecule has 4 nitrogen and oxygen atoms in total. The van der Waals surface area contributed by atoms with Crippen LogP contribution in [-0.2, 0) is 11.3 Å². The highest BCUT2D eigenvalue weighted by Gasteiger charge is 2.37. The second-order valence-electron chi connectivity index (χ2n) is 7.90. The van der Waals surface area contributed by atoms with E-state index in [4.69, 9.17) is 4.74 Å². The third-order valence-electron chi connectivity index (χ3n) is 4.71. The van der Waals surface area contributed by atoms with E-state index in [0.29, 0.717) is 12.0 Å². The molecule has 3 heterocycles. The summed E-state index contributed by atoms with van der Waals surface area (Å²) in [5.74, 6) is 0.560. The second-order valence-corrected chi connectivity index (χ2v) is 7.90. The zero-order chi connectivity index (χ0) is 16.4. The SMILES string of the molecule is CC(C)(C)OC(=O)N1CC2CCC(C1)N(Cc1ccccc1)C2. The number of fused-ring (bicyclic) bond motifs is 4. The van der Waals surface area contributed by atoms with Crippen LogP contribution in [0.2, 0.25) is 0 Å². The van der Waals surface area contributed by atoms with Gasteiger partial charge in [0.05, 0.1) is 0 Å². The Labute approximate surface area is 139 Å². The summed E-state index contributed by atoms with van der Waals surface area (Å²) in [6, 6.07) is 11.1. The first-order valence-corrected chi connectivity index (χ1v) is 8.66. The third kappa shape index (κ3) is 4.25. The van der Waals surface area contributed by atoms with Crippen molar-refractivity contribution < 1.29 is 9.53 Å². The zero-order valence-corrected chi connectivity index (χ0v) is 14.5. The monoisotopic (exact) mass is 316 g/mol. The molecule has 1 amide bonds. The number of piperidine rings is 1. The van der Waals surface area contributed by atoms with Gasteiger partial charge < -0.3 is 9.64 Å². The lowest BCUT2D eigenvalue weighted by Gasteiger charge is -2.36. The molecule has 0 aliphatic carbocycles. The van der Waals surface area contributed by atoms with Gasteiger partial charge in [-0.1, -0.05) is 30.3 Å². The van der Waals surface area contributed by atoms with Gasteiger partial charge in [0.15, 0.2) is 0 Å². The Balaban J connectivity index is 1.67. The van der Waals surface area contributed by atoms with Gasteiger partial charge in [0, 0.05) is 32.2 Å². The van der Waals surface area contributed by atoms with Crippen LogP contribution in [0.3, 0.4) is 0 Å². The predicted octanol–water partition coefficient (Wildman–Crippen LogP) is 3.52. The van der Waals surface area contributed by atoms with Crippen LogP contribution >= 0.6 is 0 Å². The van der Waals surface area contributed by atoms with E-state index in [2.05, 4.69) is 35.2 Å². The van der Waals surface area contributed by atoms with Gasteiger partial charge in [0.2, 0.25) is 0 Å². The largest absolute Gasteiger partial charge is 0.444 e. The molecule has 2 atom stereocenters. The average molecular weight is 316 g/mol. The summed E-state index contributed by atoms with van der Waals surface area (Å²) >= 11 is 0. The number of hydrogen-bond acceptors (Lipinski definition) is 3. The summed E-state index contributed by atoms with van der Waals surface area (Å²) in [6.07, 6.45) is 2.24. The first-order chi connectivity index (χ1) is 10.9. The summed E-state index contributed by atoms with van der Waals surface area (Å²) < 4.78 is 5.58. The molecule has 3 saturated heterocycles. The molecule has 3 aliphatic rings. The number of carbonyl (C=O) groups is 1. The van der Waals surface area contributed by atoms with Gasteiger partial charge in [-0.3, -0.25) is 4.90 Å². The molecular formula is C19H28N2O2. The van der Waals surface area contributed by atoms with Crippen molar-refractivity contribution in [2.45, 2.75) is 51.8 Å². The Morgan fingerprint density at radius 1 is 1.13 bits per heavy atom. The molecule has 3 aliphatic heterocycles. The molecule has 4 rings (SSSR count). The van der Waals surface area contributed by atoms with Crippen LogP contribution in [0.1, 0.15) is 39.2 Å². The minimum atomic E-state index is -0.424. The molecular weight excluding hydrogens is 288 g/mol. The van der Waals surface area contributed by atoms with E-state index in [0.717, 1.165) is 26.2 Å². The molecule has 0 N–H and O–H groups in total. The molecule has 1 aromatic rings. The quantitative estimate of drug-likeness (QED) is 0.837. The molecule has 1 aromatic carbocycles. The van der Waals surface area contributed by atoms with Crippen molar-refractivity contribution in [3.05, 3.63) is 35.9 Å². The number of amides is 1. The van der Waals surface area contributed by atoms with Crippen molar-refractivity contribution in [2.24, 2.45) is 5.92 Å². The maximum Gasteiger partial charge on any atom is 0.410 e. The van der Waals surface area contributed by atoms with Gasteiger partial charge in [-0.05, 0) is 45.1 Å². The minimum absolute atomic E-state index is 0.157. The fourth-order valence-corrected chi connectivity index (χ4v) is 3.67. The van der Waals surface area contributed by atoms with Crippen LogP contribution in [0, 0.1) is 5.92 Å². The van der Waals surface area contributed by atoms with E-state index in [1.54, 1.807) is 0 Å². The molecule has 0 spiro atoms. The van der Waals surface area contributed by atoms with E-state index >= 15 is 0 Å². The Bertz CT molecular complexity index is 538. The molecule has 0 saturated carbocycles. The fraction of sp³-hybridized carbons (Fsp3) is 0.632. The lowest BCUT2D eigenvalue weighted by Crippen LogP contribution is -2.44. The summed E-state index contributed by atoms with van der Waals surface area (Å²) in [6.45, 7) is 9.47. The van der Waals surface area contributed by atoms with Crippen molar-refractivity contribution >= 4 is 6.09 Å². The number of ether oxygens (including phenoxy) is 1. The first-order valence-electron chi connectivity index (χ1n) is 8.66. The first kappa shape index (κ1) is 16.3. The van der Waals surface area contributed by atoms with Crippen LogP contribution in [-0.4, -0.2) is 47.2 Å². The molecule has 4 heteroatoms. The van der Waals surface area contributed by atoms with Gasteiger partial charge >= 0.3 is 6.09 Å². The highest BCUT2D eigenvalue weighted by atomic mass is 16.6.